The lowest BCUT2D eigenvalue weighted by Crippen LogP contribution is -2.28. The van der Waals surface area contributed by atoms with E-state index in [4.69, 9.17) is 14.2 Å². The van der Waals surface area contributed by atoms with Gasteiger partial charge in [0.25, 0.3) is 0 Å². The lowest BCUT2D eigenvalue weighted by molar-refractivity contribution is -0.121. The van der Waals surface area contributed by atoms with Crippen LogP contribution in [-0.2, 0) is 21.2 Å². The van der Waals surface area contributed by atoms with Gasteiger partial charge in [-0.05, 0) is 55.2 Å². The predicted molar refractivity (Wildman–Crippen MR) is 121 cm³/mol. The van der Waals surface area contributed by atoms with Crippen molar-refractivity contribution in [1.82, 2.24) is 9.62 Å². The SMILES string of the molecule is COc1ccc(S(=O)(=O)N2CCCC2)cc1CCC(=O)NCCOc1ccccc1OC. The normalized spacial score (nSPS) is 14.2. The van der Waals surface area contributed by atoms with Crippen LogP contribution in [0.2, 0.25) is 0 Å². The van der Waals surface area contributed by atoms with Crippen molar-refractivity contribution in [1.29, 1.82) is 0 Å². The van der Waals surface area contributed by atoms with Gasteiger partial charge in [-0.15, -0.1) is 0 Å². The van der Waals surface area contributed by atoms with Crippen LogP contribution >= 0.6 is 0 Å². The molecule has 1 amide bonds. The molecule has 1 N–H and O–H groups in total. The number of ether oxygens (including phenoxy) is 3. The molecule has 0 bridgehead atoms. The summed E-state index contributed by atoms with van der Waals surface area (Å²) in [5.74, 6) is 1.67. The van der Waals surface area contributed by atoms with Crippen molar-refractivity contribution in [3.05, 3.63) is 48.0 Å². The third kappa shape index (κ3) is 5.92. The van der Waals surface area contributed by atoms with Crippen molar-refractivity contribution in [2.75, 3.05) is 40.5 Å². The van der Waals surface area contributed by atoms with Crippen molar-refractivity contribution >= 4 is 15.9 Å². The Kier molecular flexibility index (Phi) is 8.35. The fraction of sp³-hybridized carbons (Fsp3) is 0.435. The predicted octanol–water partition coefficient (Wildman–Crippen LogP) is 2.62. The number of nitrogens with zero attached hydrogens (tertiary/aromatic N) is 1. The lowest BCUT2D eigenvalue weighted by atomic mass is 10.1. The summed E-state index contributed by atoms with van der Waals surface area (Å²) in [6.45, 7) is 1.74. The highest BCUT2D eigenvalue weighted by Gasteiger charge is 2.27. The Labute approximate surface area is 189 Å². The maximum absolute atomic E-state index is 12.8. The second-order valence-corrected chi connectivity index (χ2v) is 9.37. The molecule has 0 spiro atoms. The van der Waals surface area contributed by atoms with Crippen molar-refractivity contribution in [2.24, 2.45) is 0 Å². The van der Waals surface area contributed by atoms with Crippen LogP contribution in [0.5, 0.6) is 17.2 Å². The van der Waals surface area contributed by atoms with Crippen LogP contribution in [0.4, 0.5) is 0 Å². The lowest BCUT2D eigenvalue weighted by Gasteiger charge is -2.17. The molecule has 1 aliphatic heterocycles. The number of methoxy groups -OCH3 is 2. The number of hydrogen-bond donors (Lipinski definition) is 1. The average molecular weight is 463 g/mol. The molecular weight excluding hydrogens is 432 g/mol. The molecule has 174 valence electrons. The van der Waals surface area contributed by atoms with Gasteiger partial charge in [-0.2, -0.15) is 4.31 Å². The van der Waals surface area contributed by atoms with Gasteiger partial charge in [-0.1, -0.05) is 12.1 Å². The van der Waals surface area contributed by atoms with Gasteiger partial charge in [-0.3, -0.25) is 4.79 Å². The molecule has 9 heteroatoms. The van der Waals surface area contributed by atoms with Crippen LogP contribution in [0.25, 0.3) is 0 Å². The number of sulfonamides is 1. The van der Waals surface area contributed by atoms with Crippen molar-refractivity contribution in [3.8, 4) is 17.2 Å². The van der Waals surface area contributed by atoms with Gasteiger partial charge < -0.3 is 19.5 Å². The number of amides is 1. The highest BCUT2D eigenvalue weighted by Crippen LogP contribution is 2.27. The molecule has 0 radical (unpaired) electrons. The van der Waals surface area contributed by atoms with Crippen molar-refractivity contribution in [2.45, 2.75) is 30.6 Å². The largest absolute Gasteiger partial charge is 0.496 e. The summed E-state index contributed by atoms with van der Waals surface area (Å²) in [5, 5.41) is 2.82. The number of benzene rings is 2. The smallest absolute Gasteiger partial charge is 0.243 e. The zero-order valence-corrected chi connectivity index (χ0v) is 19.3. The summed E-state index contributed by atoms with van der Waals surface area (Å²) >= 11 is 0. The summed E-state index contributed by atoms with van der Waals surface area (Å²) in [6.07, 6.45) is 2.33. The van der Waals surface area contributed by atoms with Crippen LogP contribution < -0.4 is 19.5 Å². The molecule has 8 nitrogen and oxygen atoms in total. The minimum atomic E-state index is -3.52. The van der Waals surface area contributed by atoms with E-state index >= 15 is 0 Å². The van der Waals surface area contributed by atoms with E-state index in [1.54, 1.807) is 37.4 Å². The second kappa shape index (κ2) is 11.2. The van der Waals surface area contributed by atoms with Crippen molar-refractivity contribution in [3.63, 3.8) is 0 Å². The zero-order valence-electron chi connectivity index (χ0n) is 18.5. The Bertz CT molecular complexity index is 1020. The van der Waals surface area contributed by atoms with E-state index in [2.05, 4.69) is 5.32 Å². The highest BCUT2D eigenvalue weighted by atomic mass is 32.2. The highest BCUT2D eigenvalue weighted by molar-refractivity contribution is 7.89. The van der Waals surface area contributed by atoms with Crippen molar-refractivity contribution < 1.29 is 27.4 Å². The number of para-hydroxylation sites is 2. The van der Waals surface area contributed by atoms with Gasteiger partial charge >= 0.3 is 0 Å². The Morgan fingerprint density at radius 3 is 2.38 bits per heavy atom. The molecule has 1 heterocycles. The molecular formula is C23H30N2O6S. The van der Waals surface area contributed by atoms with E-state index < -0.39 is 10.0 Å². The molecule has 0 saturated carbocycles. The Balaban J connectivity index is 1.53. The maximum atomic E-state index is 12.8. The van der Waals surface area contributed by atoms with Crippen LogP contribution in [0, 0.1) is 0 Å². The van der Waals surface area contributed by atoms with E-state index in [1.165, 1.54) is 11.4 Å². The molecule has 1 fully saturated rings. The first-order valence-corrected chi connectivity index (χ1v) is 12.1. The van der Waals surface area contributed by atoms with Gasteiger partial charge in [0.2, 0.25) is 15.9 Å². The Hall–Kier alpha value is -2.78. The fourth-order valence-electron chi connectivity index (χ4n) is 3.61. The first-order chi connectivity index (χ1) is 15.5. The Morgan fingerprint density at radius 2 is 1.69 bits per heavy atom. The quantitative estimate of drug-likeness (QED) is 0.516. The van der Waals surface area contributed by atoms with Crippen LogP contribution in [0.1, 0.15) is 24.8 Å². The van der Waals surface area contributed by atoms with Crippen LogP contribution in [-0.4, -0.2) is 59.1 Å². The first-order valence-electron chi connectivity index (χ1n) is 10.7. The van der Waals surface area contributed by atoms with Crippen LogP contribution in [0.15, 0.2) is 47.4 Å². The molecule has 0 atom stereocenters. The number of aryl methyl sites for hydroxylation is 1. The van der Waals surface area contributed by atoms with Gasteiger partial charge in [0, 0.05) is 19.5 Å². The molecule has 2 aromatic rings. The van der Waals surface area contributed by atoms with Gasteiger partial charge in [-0.25, -0.2) is 8.42 Å². The summed E-state index contributed by atoms with van der Waals surface area (Å²) in [7, 11) is -0.420. The number of carbonyl (C=O) groups excluding carboxylic acids is 1. The average Bonchev–Trinajstić information content (AvgIpc) is 3.36. The summed E-state index contributed by atoms with van der Waals surface area (Å²) < 4.78 is 43.4. The maximum Gasteiger partial charge on any atom is 0.243 e. The number of carbonyl (C=O) groups is 1. The molecule has 32 heavy (non-hydrogen) atoms. The third-order valence-corrected chi connectivity index (χ3v) is 7.22. The zero-order chi connectivity index (χ0) is 23.0. The third-order valence-electron chi connectivity index (χ3n) is 5.33. The molecule has 1 saturated heterocycles. The number of hydrogen-bond acceptors (Lipinski definition) is 6. The number of rotatable bonds is 11. The Morgan fingerprint density at radius 1 is 1.00 bits per heavy atom. The van der Waals surface area contributed by atoms with Gasteiger partial charge in [0.05, 0.1) is 25.7 Å². The molecule has 2 aromatic carbocycles. The van der Waals surface area contributed by atoms with E-state index in [9.17, 15) is 13.2 Å². The molecule has 0 aliphatic carbocycles. The van der Waals surface area contributed by atoms with Gasteiger partial charge in [0.1, 0.15) is 12.4 Å². The fourth-order valence-corrected chi connectivity index (χ4v) is 5.18. The summed E-state index contributed by atoms with van der Waals surface area (Å²) in [5.41, 5.74) is 0.688. The molecule has 0 aromatic heterocycles. The van der Waals surface area contributed by atoms with Gasteiger partial charge in [0.15, 0.2) is 11.5 Å². The second-order valence-electron chi connectivity index (χ2n) is 7.43. The molecule has 1 aliphatic rings. The van der Waals surface area contributed by atoms with Crippen LogP contribution in [0.3, 0.4) is 0 Å². The van der Waals surface area contributed by atoms with E-state index in [0.717, 1.165) is 12.8 Å². The summed E-state index contributed by atoms with van der Waals surface area (Å²) in [4.78, 5) is 12.5. The first kappa shape index (κ1) is 23.9. The van der Waals surface area contributed by atoms with E-state index in [-0.39, 0.29) is 17.2 Å². The number of nitrogens with one attached hydrogen (secondary N) is 1. The minimum absolute atomic E-state index is 0.150. The van der Waals surface area contributed by atoms with E-state index in [1.807, 2.05) is 12.1 Å². The topological polar surface area (TPSA) is 94.2 Å². The molecule has 3 rings (SSSR count). The minimum Gasteiger partial charge on any atom is -0.496 e. The standard InChI is InChI=1S/C23H30N2O6S/c1-29-20-11-10-19(32(27,28)25-14-5-6-15-25)17-18(20)9-12-23(26)24-13-16-31-22-8-4-3-7-21(22)30-2/h3-4,7-8,10-11,17H,5-6,9,12-16H2,1-2H3,(H,24,26). The van der Waals surface area contributed by atoms with E-state index in [0.29, 0.717) is 55.5 Å². The molecule has 0 unspecified atom stereocenters. The monoisotopic (exact) mass is 462 g/mol. The summed E-state index contributed by atoms with van der Waals surface area (Å²) in [6, 6.07) is 12.1.